The Morgan fingerprint density at radius 3 is 2.50 bits per heavy atom. The second-order valence-electron chi connectivity index (χ2n) is 6.95. The summed E-state index contributed by atoms with van der Waals surface area (Å²) in [5, 5.41) is 3.02. The van der Waals surface area contributed by atoms with Gasteiger partial charge in [0, 0.05) is 39.6 Å². The maximum atomic E-state index is 12.3. The molecule has 1 fully saturated rings. The molecule has 0 saturated carbocycles. The third-order valence-electron chi connectivity index (χ3n) is 4.78. The molecular formula is C19H31N3O5S. The van der Waals surface area contributed by atoms with Gasteiger partial charge in [-0.15, -0.1) is 0 Å². The van der Waals surface area contributed by atoms with Crippen molar-refractivity contribution < 1.29 is 22.7 Å². The number of nitrogens with one attached hydrogen (secondary N) is 1. The van der Waals surface area contributed by atoms with E-state index in [0.717, 1.165) is 5.56 Å². The number of amides is 1. The standard InChI is InChI=1S/C19H31N3O5S/c1-5-27-17-8-6-15(14-18(17)26-4)7-9-19(23)20-16-10-12-22(13-11-16)28(24,25)21(2)3/h6,8,14,16H,5,7,9-13H2,1-4H3,(H,20,23). The molecule has 1 N–H and O–H groups in total. The molecular weight excluding hydrogens is 382 g/mol. The average Bonchev–Trinajstić information content (AvgIpc) is 2.67. The number of ether oxygens (including phenoxy) is 2. The lowest BCUT2D eigenvalue weighted by Gasteiger charge is -2.33. The highest BCUT2D eigenvalue weighted by Gasteiger charge is 2.29. The van der Waals surface area contributed by atoms with Crippen molar-refractivity contribution in [3.05, 3.63) is 23.8 Å². The first kappa shape index (κ1) is 22.4. The third-order valence-corrected chi connectivity index (χ3v) is 6.72. The number of hydrogen-bond donors (Lipinski definition) is 1. The number of carbonyl (C=O) groups excluding carboxylic acids is 1. The Hall–Kier alpha value is -1.84. The second kappa shape index (κ2) is 10.1. The van der Waals surface area contributed by atoms with E-state index in [0.29, 0.717) is 56.9 Å². The van der Waals surface area contributed by atoms with Gasteiger partial charge >= 0.3 is 0 Å². The first-order valence-electron chi connectivity index (χ1n) is 9.54. The highest BCUT2D eigenvalue weighted by molar-refractivity contribution is 7.86. The molecule has 0 unspecified atom stereocenters. The van der Waals surface area contributed by atoms with Crippen LogP contribution in [0.15, 0.2) is 18.2 Å². The molecule has 1 aliphatic heterocycles. The summed E-state index contributed by atoms with van der Waals surface area (Å²) in [5.41, 5.74) is 1.00. The number of aryl methyl sites for hydroxylation is 1. The molecule has 28 heavy (non-hydrogen) atoms. The molecule has 1 amide bonds. The number of nitrogens with zero attached hydrogens (tertiary/aromatic N) is 2. The highest BCUT2D eigenvalue weighted by atomic mass is 32.2. The largest absolute Gasteiger partial charge is 0.493 e. The average molecular weight is 414 g/mol. The van der Waals surface area contributed by atoms with E-state index in [2.05, 4.69) is 5.32 Å². The quantitative estimate of drug-likeness (QED) is 0.661. The van der Waals surface area contributed by atoms with Crippen LogP contribution in [0.3, 0.4) is 0 Å². The summed E-state index contributed by atoms with van der Waals surface area (Å²) in [6.45, 7) is 3.31. The van der Waals surface area contributed by atoms with Gasteiger partial charge in [-0.3, -0.25) is 4.79 Å². The monoisotopic (exact) mass is 413 g/mol. The molecule has 1 heterocycles. The van der Waals surface area contributed by atoms with Crippen LogP contribution in [0, 0.1) is 0 Å². The van der Waals surface area contributed by atoms with E-state index in [4.69, 9.17) is 9.47 Å². The number of methoxy groups -OCH3 is 1. The van der Waals surface area contributed by atoms with Gasteiger partial charge in [-0.2, -0.15) is 17.0 Å². The molecule has 0 spiro atoms. The van der Waals surface area contributed by atoms with Crippen LogP contribution in [0.2, 0.25) is 0 Å². The molecule has 0 bridgehead atoms. The molecule has 0 atom stereocenters. The zero-order chi connectivity index (χ0) is 20.7. The van der Waals surface area contributed by atoms with Crippen LogP contribution in [0.4, 0.5) is 0 Å². The van der Waals surface area contributed by atoms with Crippen LogP contribution in [0.5, 0.6) is 11.5 Å². The number of benzene rings is 1. The molecule has 0 aliphatic carbocycles. The maximum absolute atomic E-state index is 12.3. The van der Waals surface area contributed by atoms with Crippen LogP contribution in [0.25, 0.3) is 0 Å². The van der Waals surface area contributed by atoms with Crippen molar-refractivity contribution in [1.82, 2.24) is 13.9 Å². The lowest BCUT2D eigenvalue weighted by atomic mass is 10.1. The van der Waals surface area contributed by atoms with Gasteiger partial charge in [-0.25, -0.2) is 0 Å². The number of rotatable bonds is 9. The first-order chi connectivity index (χ1) is 13.3. The zero-order valence-corrected chi connectivity index (χ0v) is 17.9. The van der Waals surface area contributed by atoms with Gasteiger partial charge in [0.25, 0.3) is 10.2 Å². The van der Waals surface area contributed by atoms with Crippen molar-refractivity contribution in [3.8, 4) is 11.5 Å². The summed E-state index contributed by atoms with van der Waals surface area (Å²) >= 11 is 0. The van der Waals surface area contributed by atoms with Crippen LogP contribution in [-0.4, -0.2) is 69.9 Å². The number of piperidine rings is 1. The van der Waals surface area contributed by atoms with Gasteiger partial charge in [0.1, 0.15) is 0 Å². The summed E-state index contributed by atoms with van der Waals surface area (Å²) in [7, 11) is 1.27. The number of hydrogen-bond acceptors (Lipinski definition) is 5. The Morgan fingerprint density at radius 1 is 1.25 bits per heavy atom. The molecule has 1 aromatic carbocycles. The van der Waals surface area contributed by atoms with E-state index in [1.54, 1.807) is 7.11 Å². The summed E-state index contributed by atoms with van der Waals surface area (Å²) in [6.07, 6.45) is 2.21. The molecule has 0 aromatic heterocycles. The van der Waals surface area contributed by atoms with Gasteiger partial charge in [0.05, 0.1) is 13.7 Å². The Bertz CT molecular complexity index is 759. The van der Waals surface area contributed by atoms with Crippen LogP contribution >= 0.6 is 0 Å². The molecule has 1 saturated heterocycles. The van der Waals surface area contributed by atoms with Crippen LogP contribution in [-0.2, 0) is 21.4 Å². The number of carbonyl (C=O) groups is 1. The van der Waals surface area contributed by atoms with Gasteiger partial charge in [0.15, 0.2) is 11.5 Å². The summed E-state index contributed by atoms with van der Waals surface area (Å²) in [5.74, 6) is 1.33. The maximum Gasteiger partial charge on any atom is 0.281 e. The minimum Gasteiger partial charge on any atom is -0.493 e. The van der Waals surface area contributed by atoms with Crippen molar-refractivity contribution in [1.29, 1.82) is 0 Å². The van der Waals surface area contributed by atoms with E-state index in [-0.39, 0.29) is 11.9 Å². The van der Waals surface area contributed by atoms with E-state index in [9.17, 15) is 13.2 Å². The van der Waals surface area contributed by atoms with Gasteiger partial charge in [0.2, 0.25) is 5.91 Å². The van der Waals surface area contributed by atoms with E-state index in [1.165, 1.54) is 22.7 Å². The lowest BCUT2D eigenvalue weighted by molar-refractivity contribution is -0.122. The summed E-state index contributed by atoms with van der Waals surface area (Å²) in [6, 6.07) is 5.70. The lowest BCUT2D eigenvalue weighted by Crippen LogP contribution is -2.49. The predicted octanol–water partition coefficient (Wildman–Crippen LogP) is 1.41. The third kappa shape index (κ3) is 5.83. The second-order valence-corrected chi connectivity index (χ2v) is 9.09. The predicted molar refractivity (Wildman–Crippen MR) is 108 cm³/mol. The fraction of sp³-hybridized carbons (Fsp3) is 0.632. The molecule has 8 nitrogen and oxygen atoms in total. The Labute approximate surface area is 168 Å². The van der Waals surface area contributed by atoms with Crippen molar-refractivity contribution in [3.63, 3.8) is 0 Å². The first-order valence-corrected chi connectivity index (χ1v) is 10.9. The Morgan fingerprint density at radius 2 is 1.93 bits per heavy atom. The van der Waals surface area contributed by atoms with Crippen molar-refractivity contribution in [2.45, 2.75) is 38.6 Å². The Kier molecular flexibility index (Phi) is 8.09. The van der Waals surface area contributed by atoms with Crippen LogP contribution < -0.4 is 14.8 Å². The smallest absolute Gasteiger partial charge is 0.281 e. The van der Waals surface area contributed by atoms with Crippen molar-refractivity contribution in [2.75, 3.05) is 40.9 Å². The molecule has 158 valence electrons. The van der Waals surface area contributed by atoms with Crippen molar-refractivity contribution >= 4 is 16.1 Å². The minimum atomic E-state index is -3.38. The summed E-state index contributed by atoms with van der Waals surface area (Å²) < 4.78 is 37.8. The van der Waals surface area contributed by atoms with Crippen LogP contribution in [0.1, 0.15) is 31.7 Å². The highest BCUT2D eigenvalue weighted by Crippen LogP contribution is 2.28. The molecule has 2 rings (SSSR count). The normalized spacial score (nSPS) is 16.2. The topological polar surface area (TPSA) is 88.2 Å². The van der Waals surface area contributed by atoms with E-state index in [1.807, 2.05) is 25.1 Å². The van der Waals surface area contributed by atoms with Gasteiger partial charge < -0.3 is 14.8 Å². The SMILES string of the molecule is CCOc1ccc(CCC(=O)NC2CCN(S(=O)(=O)N(C)C)CC2)cc1OC. The fourth-order valence-corrected chi connectivity index (χ4v) is 4.30. The molecule has 9 heteroatoms. The Balaban J connectivity index is 1.81. The van der Waals surface area contributed by atoms with Gasteiger partial charge in [-0.05, 0) is 43.9 Å². The zero-order valence-electron chi connectivity index (χ0n) is 17.1. The molecule has 1 aromatic rings. The van der Waals surface area contributed by atoms with Crippen molar-refractivity contribution in [2.24, 2.45) is 0 Å². The summed E-state index contributed by atoms with van der Waals surface area (Å²) in [4.78, 5) is 12.3. The van der Waals surface area contributed by atoms with Gasteiger partial charge in [-0.1, -0.05) is 6.07 Å². The fourth-order valence-electron chi connectivity index (χ4n) is 3.16. The van der Waals surface area contributed by atoms with E-state index >= 15 is 0 Å². The molecule has 1 aliphatic rings. The minimum absolute atomic E-state index is 0.0102. The van der Waals surface area contributed by atoms with E-state index < -0.39 is 10.2 Å². The molecule has 0 radical (unpaired) electrons.